The van der Waals surface area contributed by atoms with Gasteiger partial charge < -0.3 is 15.4 Å². The minimum absolute atomic E-state index is 0.0203. The zero-order valence-electron chi connectivity index (χ0n) is 15.7. The molecule has 0 aromatic heterocycles. The summed E-state index contributed by atoms with van der Waals surface area (Å²) in [7, 11) is 1.54. The van der Waals surface area contributed by atoms with E-state index in [1.807, 2.05) is 6.92 Å². The lowest BCUT2D eigenvalue weighted by Gasteiger charge is -2.23. The van der Waals surface area contributed by atoms with Crippen LogP contribution in [0, 0.1) is 12.7 Å². The lowest BCUT2D eigenvalue weighted by molar-refractivity contribution is -0.133. The highest BCUT2D eigenvalue weighted by Gasteiger charge is 2.49. The average molecular weight is 385 g/mol. The number of imide groups is 1. The Kier molecular flexibility index (Phi) is 5.04. The number of aryl methyl sites for hydroxylation is 1. The van der Waals surface area contributed by atoms with Crippen LogP contribution in [-0.4, -0.2) is 36.4 Å². The largest absolute Gasteiger partial charge is 0.496 e. The Morgan fingerprint density at radius 3 is 2.61 bits per heavy atom. The molecule has 0 saturated carbocycles. The molecule has 2 N–H and O–H groups in total. The maximum Gasteiger partial charge on any atom is 0.325 e. The third kappa shape index (κ3) is 3.40. The van der Waals surface area contributed by atoms with Crippen LogP contribution >= 0.6 is 0 Å². The van der Waals surface area contributed by atoms with Crippen molar-refractivity contribution in [3.8, 4) is 5.75 Å². The molecule has 0 radical (unpaired) electrons. The lowest BCUT2D eigenvalue weighted by Crippen LogP contribution is -2.42. The fourth-order valence-corrected chi connectivity index (χ4v) is 3.12. The fourth-order valence-electron chi connectivity index (χ4n) is 3.12. The van der Waals surface area contributed by atoms with E-state index in [-0.39, 0.29) is 5.69 Å². The number of rotatable bonds is 5. The van der Waals surface area contributed by atoms with Crippen molar-refractivity contribution in [3.63, 3.8) is 0 Å². The van der Waals surface area contributed by atoms with Crippen molar-refractivity contribution in [2.75, 3.05) is 19.0 Å². The highest BCUT2D eigenvalue weighted by atomic mass is 19.1. The van der Waals surface area contributed by atoms with Crippen molar-refractivity contribution >= 4 is 23.5 Å². The smallest absolute Gasteiger partial charge is 0.325 e. The number of amides is 4. The summed E-state index contributed by atoms with van der Waals surface area (Å²) >= 11 is 0. The number of nitrogens with zero attached hydrogens (tertiary/aromatic N) is 1. The molecule has 4 amide bonds. The van der Waals surface area contributed by atoms with E-state index in [2.05, 4.69) is 10.6 Å². The van der Waals surface area contributed by atoms with E-state index in [0.29, 0.717) is 11.3 Å². The van der Waals surface area contributed by atoms with Gasteiger partial charge in [0.1, 0.15) is 23.7 Å². The molecule has 0 aliphatic carbocycles. The number of carbonyl (C=O) groups is 3. The van der Waals surface area contributed by atoms with E-state index in [9.17, 15) is 18.8 Å². The van der Waals surface area contributed by atoms with Gasteiger partial charge in [-0.25, -0.2) is 9.18 Å². The van der Waals surface area contributed by atoms with Crippen LogP contribution in [0.4, 0.5) is 14.9 Å². The number of halogens is 1. The molecule has 28 heavy (non-hydrogen) atoms. The zero-order valence-corrected chi connectivity index (χ0v) is 15.7. The zero-order chi connectivity index (χ0) is 20.5. The van der Waals surface area contributed by atoms with Crippen LogP contribution in [0.2, 0.25) is 0 Å². The van der Waals surface area contributed by atoms with Gasteiger partial charge >= 0.3 is 6.03 Å². The van der Waals surface area contributed by atoms with Crippen molar-refractivity contribution in [1.82, 2.24) is 10.2 Å². The highest BCUT2D eigenvalue weighted by molar-refractivity contribution is 6.10. The molecule has 1 unspecified atom stereocenters. The van der Waals surface area contributed by atoms with Crippen LogP contribution in [0.3, 0.4) is 0 Å². The Morgan fingerprint density at radius 1 is 1.25 bits per heavy atom. The average Bonchev–Trinajstić information content (AvgIpc) is 2.87. The summed E-state index contributed by atoms with van der Waals surface area (Å²) in [6, 6.07) is 10.1. The van der Waals surface area contributed by atoms with Gasteiger partial charge in [-0.05, 0) is 49.2 Å². The van der Waals surface area contributed by atoms with Gasteiger partial charge in [0.15, 0.2) is 0 Å². The molecule has 3 rings (SSSR count). The maximum atomic E-state index is 13.7. The van der Waals surface area contributed by atoms with Crippen molar-refractivity contribution < 1.29 is 23.5 Å². The second-order valence-electron chi connectivity index (χ2n) is 6.66. The standard InChI is InChI=1S/C20H20FN3O4/c1-12-10-13(8-9-16(12)28-3)20(2)18(26)24(19(27)23-20)11-17(25)22-15-7-5-4-6-14(15)21/h4-10H,11H2,1-3H3,(H,22,25)(H,23,27). The second-order valence-corrected chi connectivity index (χ2v) is 6.66. The number of hydrogen-bond donors (Lipinski definition) is 2. The number of benzene rings is 2. The molecule has 7 nitrogen and oxygen atoms in total. The highest BCUT2D eigenvalue weighted by Crippen LogP contribution is 2.31. The maximum absolute atomic E-state index is 13.7. The minimum Gasteiger partial charge on any atom is -0.496 e. The van der Waals surface area contributed by atoms with Crippen LogP contribution < -0.4 is 15.4 Å². The van der Waals surface area contributed by atoms with Gasteiger partial charge in [-0.2, -0.15) is 0 Å². The monoisotopic (exact) mass is 385 g/mol. The number of ether oxygens (including phenoxy) is 1. The Bertz CT molecular complexity index is 962. The van der Waals surface area contributed by atoms with E-state index in [0.717, 1.165) is 10.5 Å². The second kappa shape index (κ2) is 7.30. The molecular weight excluding hydrogens is 365 g/mol. The Balaban J connectivity index is 1.78. The normalized spacial score (nSPS) is 18.8. The molecule has 1 atom stereocenters. The first kappa shape index (κ1) is 19.3. The topological polar surface area (TPSA) is 87.7 Å². The molecule has 146 valence electrons. The minimum atomic E-state index is -1.31. The van der Waals surface area contributed by atoms with Gasteiger partial charge in [0.05, 0.1) is 12.8 Å². The van der Waals surface area contributed by atoms with Crippen molar-refractivity contribution in [3.05, 3.63) is 59.4 Å². The molecule has 2 aromatic rings. The predicted octanol–water partition coefficient (Wildman–Crippen LogP) is 2.55. The number of urea groups is 1. The van der Waals surface area contributed by atoms with Crippen LogP contribution in [0.25, 0.3) is 0 Å². The van der Waals surface area contributed by atoms with Gasteiger partial charge in [0.2, 0.25) is 5.91 Å². The lowest BCUT2D eigenvalue weighted by atomic mass is 9.90. The number of anilines is 1. The molecule has 0 bridgehead atoms. The molecule has 1 heterocycles. The van der Waals surface area contributed by atoms with Crippen LogP contribution in [-0.2, 0) is 15.1 Å². The van der Waals surface area contributed by atoms with Gasteiger partial charge in [0, 0.05) is 0 Å². The van der Waals surface area contributed by atoms with Crippen LogP contribution in [0.1, 0.15) is 18.1 Å². The predicted molar refractivity (Wildman–Crippen MR) is 100 cm³/mol. The summed E-state index contributed by atoms with van der Waals surface area (Å²) in [4.78, 5) is 38.3. The summed E-state index contributed by atoms with van der Waals surface area (Å²) in [5.74, 6) is -1.19. The van der Waals surface area contributed by atoms with E-state index in [1.165, 1.54) is 18.2 Å². The van der Waals surface area contributed by atoms with E-state index < -0.39 is 35.7 Å². The SMILES string of the molecule is COc1ccc(C2(C)NC(=O)N(CC(=O)Nc3ccccc3F)C2=O)cc1C. The first-order valence-corrected chi connectivity index (χ1v) is 8.60. The summed E-state index contributed by atoms with van der Waals surface area (Å²) in [5.41, 5.74) is 0.0418. The Morgan fingerprint density at radius 2 is 1.96 bits per heavy atom. The summed E-state index contributed by atoms with van der Waals surface area (Å²) in [6.45, 7) is 2.87. The molecular formula is C20H20FN3O4. The van der Waals surface area contributed by atoms with Gasteiger partial charge in [0.25, 0.3) is 5.91 Å². The molecule has 1 aliphatic heterocycles. The molecule has 0 spiro atoms. The quantitative estimate of drug-likeness (QED) is 0.775. The van der Waals surface area contributed by atoms with Crippen LogP contribution in [0.15, 0.2) is 42.5 Å². The molecule has 1 fully saturated rings. The number of para-hydroxylation sites is 1. The Hall–Kier alpha value is -3.42. The summed E-state index contributed by atoms with van der Waals surface area (Å²) in [6.07, 6.45) is 0. The Labute approximate surface area is 161 Å². The third-order valence-corrected chi connectivity index (χ3v) is 4.70. The number of carbonyl (C=O) groups excluding carboxylic acids is 3. The van der Waals surface area contributed by atoms with Crippen molar-refractivity contribution in [2.45, 2.75) is 19.4 Å². The first-order chi connectivity index (χ1) is 13.3. The number of methoxy groups -OCH3 is 1. The van der Waals surface area contributed by atoms with Gasteiger partial charge in [-0.1, -0.05) is 18.2 Å². The van der Waals surface area contributed by atoms with E-state index in [4.69, 9.17) is 4.74 Å². The molecule has 1 aliphatic rings. The van der Waals surface area contributed by atoms with Gasteiger partial charge in [-0.15, -0.1) is 0 Å². The van der Waals surface area contributed by atoms with Crippen molar-refractivity contribution in [2.24, 2.45) is 0 Å². The first-order valence-electron chi connectivity index (χ1n) is 8.60. The number of nitrogens with one attached hydrogen (secondary N) is 2. The van der Waals surface area contributed by atoms with E-state index in [1.54, 1.807) is 38.3 Å². The van der Waals surface area contributed by atoms with E-state index >= 15 is 0 Å². The van der Waals surface area contributed by atoms with Gasteiger partial charge in [-0.3, -0.25) is 14.5 Å². The molecule has 1 saturated heterocycles. The molecule has 2 aromatic carbocycles. The van der Waals surface area contributed by atoms with Crippen molar-refractivity contribution in [1.29, 1.82) is 0 Å². The third-order valence-electron chi connectivity index (χ3n) is 4.70. The van der Waals surface area contributed by atoms with Crippen LogP contribution in [0.5, 0.6) is 5.75 Å². The fraction of sp³-hybridized carbons (Fsp3) is 0.250. The number of hydrogen-bond acceptors (Lipinski definition) is 4. The summed E-state index contributed by atoms with van der Waals surface area (Å²) in [5, 5.41) is 5.00. The molecule has 8 heteroatoms. The summed E-state index contributed by atoms with van der Waals surface area (Å²) < 4.78 is 18.9.